The molecule has 7 nitrogen and oxygen atoms in total. The Morgan fingerprint density at radius 1 is 1.03 bits per heavy atom. The highest BCUT2D eigenvalue weighted by Crippen LogP contribution is 2.33. The Bertz CT molecular complexity index is 1160. The molecule has 0 bridgehead atoms. The zero-order valence-electron chi connectivity index (χ0n) is 19.5. The summed E-state index contributed by atoms with van der Waals surface area (Å²) in [7, 11) is -4.02. The predicted octanol–water partition coefficient (Wildman–Crippen LogP) is 3.38. The van der Waals surface area contributed by atoms with Crippen molar-refractivity contribution in [1.82, 2.24) is 9.62 Å². The number of sulfonamides is 1. The van der Waals surface area contributed by atoms with Crippen molar-refractivity contribution in [2.75, 3.05) is 18.0 Å². The summed E-state index contributed by atoms with van der Waals surface area (Å²) in [5, 5.41) is 3.05. The Labute approximate surface area is 200 Å². The number of hydrogen-bond donors (Lipinski definition) is 1. The Hall–Kier alpha value is -2.78. The van der Waals surface area contributed by atoms with Gasteiger partial charge in [-0.15, -0.1) is 0 Å². The molecule has 1 N–H and O–H groups in total. The number of piperazine rings is 1. The second kappa shape index (κ2) is 9.46. The molecule has 2 aliphatic rings. The van der Waals surface area contributed by atoms with Crippen LogP contribution in [-0.2, 0) is 19.6 Å². The molecule has 0 radical (unpaired) electrons. The summed E-state index contributed by atoms with van der Waals surface area (Å²) >= 11 is 0. The molecule has 1 saturated heterocycles. The topological polar surface area (TPSA) is 86.8 Å². The van der Waals surface area contributed by atoms with Gasteiger partial charge >= 0.3 is 0 Å². The van der Waals surface area contributed by atoms with Crippen LogP contribution in [0.15, 0.2) is 53.4 Å². The van der Waals surface area contributed by atoms with Crippen LogP contribution in [0.1, 0.15) is 44.6 Å². The normalized spacial score (nSPS) is 22.6. The lowest BCUT2D eigenvalue weighted by Gasteiger charge is -2.47. The Kier molecular flexibility index (Phi) is 6.78. The van der Waals surface area contributed by atoms with Crippen molar-refractivity contribution in [1.29, 1.82) is 0 Å². The maximum Gasteiger partial charge on any atom is 0.247 e. The van der Waals surface area contributed by atoms with Crippen LogP contribution in [-0.4, -0.2) is 49.2 Å². The molecule has 1 heterocycles. The van der Waals surface area contributed by atoms with Gasteiger partial charge in [-0.2, -0.15) is 4.31 Å². The minimum Gasteiger partial charge on any atom is -0.351 e. The third-order valence-electron chi connectivity index (χ3n) is 6.71. The second-order valence-corrected chi connectivity index (χ2v) is 11.3. The molecule has 2 aromatic rings. The molecule has 0 aromatic heterocycles. The van der Waals surface area contributed by atoms with Crippen molar-refractivity contribution in [3.05, 3.63) is 59.9 Å². The van der Waals surface area contributed by atoms with E-state index in [1.165, 1.54) is 41.3 Å². The van der Waals surface area contributed by atoms with Gasteiger partial charge in [-0.3, -0.25) is 14.5 Å². The van der Waals surface area contributed by atoms with Crippen molar-refractivity contribution in [2.45, 2.75) is 62.4 Å². The number of amides is 2. The number of rotatable bonds is 5. The molecule has 2 fully saturated rings. The van der Waals surface area contributed by atoms with E-state index in [9.17, 15) is 22.4 Å². The van der Waals surface area contributed by atoms with Crippen LogP contribution in [0.4, 0.5) is 10.1 Å². The summed E-state index contributed by atoms with van der Waals surface area (Å²) in [5.74, 6) is -1.43. The van der Waals surface area contributed by atoms with Crippen LogP contribution >= 0.6 is 0 Å². The van der Waals surface area contributed by atoms with Gasteiger partial charge in [-0.05, 0) is 63.1 Å². The molecule has 182 valence electrons. The molecule has 1 saturated carbocycles. The highest BCUT2D eigenvalue weighted by Gasteiger charge is 2.51. The average Bonchev–Trinajstić information content (AvgIpc) is 2.81. The average molecular weight is 488 g/mol. The first-order chi connectivity index (χ1) is 16.1. The first-order valence-electron chi connectivity index (χ1n) is 11.6. The van der Waals surface area contributed by atoms with Crippen LogP contribution < -0.4 is 10.2 Å². The third-order valence-corrected chi connectivity index (χ3v) is 8.52. The summed E-state index contributed by atoms with van der Waals surface area (Å²) in [6.45, 7) is 2.79. The van der Waals surface area contributed by atoms with Crippen molar-refractivity contribution in [3.63, 3.8) is 0 Å². The lowest BCUT2D eigenvalue weighted by Crippen LogP contribution is -2.70. The van der Waals surface area contributed by atoms with E-state index < -0.39 is 39.7 Å². The van der Waals surface area contributed by atoms with Crippen molar-refractivity contribution >= 4 is 27.5 Å². The quantitative estimate of drug-likeness (QED) is 0.701. The molecule has 1 aliphatic carbocycles. The summed E-state index contributed by atoms with van der Waals surface area (Å²) in [6, 6.07) is 11.7. The van der Waals surface area contributed by atoms with Gasteiger partial charge in [0.25, 0.3) is 0 Å². The van der Waals surface area contributed by atoms with E-state index in [2.05, 4.69) is 5.32 Å². The number of nitrogens with one attached hydrogen (secondary N) is 1. The zero-order valence-corrected chi connectivity index (χ0v) is 20.3. The summed E-state index contributed by atoms with van der Waals surface area (Å²) < 4.78 is 41.5. The van der Waals surface area contributed by atoms with Gasteiger partial charge in [0, 0.05) is 18.3 Å². The number of carbonyl (C=O) groups is 2. The van der Waals surface area contributed by atoms with E-state index in [0.717, 1.165) is 42.0 Å². The highest BCUT2D eigenvalue weighted by atomic mass is 32.2. The number of hydrogen-bond acceptors (Lipinski definition) is 4. The molecule has 1 aliphatic heterocycles. The third kappa shape index (κ3) is 4.72. The molecule has 0 spiro atoms. The van der Waals surface area contributed by atoms with Crippen LogP contribution in [0.25, 0.3) is 0 Å². The first-order valence-corrected chi connectivity index (χ1v) is 13.0. The van der Waals surface area contributed by atoms with E-state index in [1.54, 1.807) is 19.1 Å². The van der Waals surface area contributed by atoms with Crippen molar-refractivity contribution in [2.24, 2.45) is 0 Å². The molecule has 2 amide bonds. The van der Waals surface area contributed by atoms with Crippen LogP contribution in [0, 0.1) is 12.7 Å². The lowest BCUT2D eigenvalue weighted by atomic mass is 9.91. The predicted molar refractivity (Wildman–Crippen MR) is 127 cm³/mol. The monoisotopic (exact) mass is 487 g/mol. The van der Waals surface area contributed by atoms with Crippen molar-refractivity contribution < 1.29 is 22.4 Å². The minimum atomic E-state index is -4.02. The lowest BCUT2D eigenvalue weighted by molar-refractivity contribution is -0.133. The van der Waals surface area contributed by atoms with Gasteiger partial charge in [0.05, 0.1) is 11.4 Å². The van der Waals surface area contributed by atoms with E-state index in [0.29, 0.717) is 5.69 Å². The van der Waals surface area contributed by atoms with Gasteiger partial charge in [0.2, 0.25) is 21.8 Å². The zero-order chi connectivity index (χ0) is 24.5. The molecule has 4 rings (SSSR count). The smallest absolute Gasteiger partial charge is 0.247 e. The summed E-state index contributed by atoms with van der Waals surface area (Å²) in [4.78, 5) is 28.4. The largest absolute Gasteiger partial charge is 0.351 e. The fourth-order valence-electron chi connectivity index (χ4n) is 4.78. The van der Waals surface area contributed by atoms with Gasteiger partial charge < -0.3 is 5.32 Å². The molecule has 2 aromatic carbocycles. The molecule has 1 atom stereocenters. The van der Waals surface area contributed by atoms with Crippen molar-refractivity contribution in [3.8, 4) is 0 Å². The first kappa shape index (κ1) is 24.3. The van der Waals surface area contributed by atoms with E-state index >= 15 is 0 Å². The molecule has 0 unspecified atom stereocenters. The minimum absolute atomic E-state index is 0.0210. The highest BCUT2D eigenvalue weighted by molar-refractivity contribution is 7.89. The number of carbonyl (C=O) groups excluding carboxylic acids is 2. The SMILES string of the molecule is Cc1ccc(S(=O)(=O)N2CC(=O)N(c3ccc(F)cc3)[C@@](C)(C(=O)NC3CCCCC3)C2)cc1. The van der Waals surface area contributed by atoms with Gasteiger partial charge in [-0.25, -0.2) is 12.8 Å². The summed E-state index contributed by atoms with van der Waals surface area (Å²) in [6.07, 6.45) is 4.83. The Morgan fingerprint density at radius 2 is 1.65 bits per heavy atom. The van der Waals surface area contributed by atoms with Crippen LogP contribution in [0.3, 0.4) is 0 Å². The maximum absolute atomic E-state index is 13.6. The second-order valence-electron chi connectivity index (χ2n) is 9.37. The fraction of sp³-hybridized carbons (Fsp3) is 0.440. The molecule has 34 heavy (non-hydrogen) atoms. The standard InChI is InChI=1S/C25H30FN3O4S/c1-18-8-14-22(15-9-18)34(32,33)28-16-23(30)29(21-12-10-19(26)11-13-21)25(2,17-28)24(31)27-20-6-4-3-5-7-20/h8-15,20H,3-7,16-17H2,1-2H3,(H,27,31)/t25-/m1/s1. The van der Waals surface area contributed by atoms with E-state index in [4.69, 9.17) is 0 Å². The number of aryl methyl sites for hydroxylation is 1. The van der Waals surface area contributed by atoms with Crippen LogP contribution in [0.2, 0.25) is 0 Å². The maximum atomic E-state index is 13.6. The van der Waals surface area contributed by atoms with E-state index in [-0.39, 0.29) is 17.5 Å². The van der Waals surface area contributed by atoms with Crippen LogP contribution in [0.5, 0.6) is 0 Å². The number of benzene rings is 2. The van der Waals surface area contributed by atoms with Gasteiger partial charge in [0.15, 0.2) is 0 Å². The summed E-state index contributed by atoms with van der Waals surface area (Å²) in [5.41, 5.74) is -0.254. The molecule has 9 heteroatoms. The van der Waals surface area contributed by atoms with E-state index in [1.807, 2.05) is 6.92 Å². The number of nitrogens with zero attached hydrogens (tertiary/aromatic N) is 2. The Balaban J connectivity index is 1.71. The van der Waals surface area contributed by atoms with Gasteiger partial charge in [-0.1, -0.05) is 37.0 Å². The Morgan fingerprint density at radius 3 is 2.26 bits per heavy atom. The molecular weight excluding hydrogens is 457 g/mol. The molecular formula is C25H30FN3O4S. The number of halogens is 1. The fourth-order valence-corrected chi connectivity index (χ4v) is 6.26. The number of anilines is 1. The van der Waals surface area contributed by atoms with Gasteiger partial charge in [0.1, 0.15) is 11.4 Å².